The second-order valence-corrected chi connectivity index (χ2v) is 11.2. The van der Waals surface area contributed by atoms with E-state index < -0.39 is 14.6 Å². The highest BCUT2D eigenvalue weighted by Crippen LogP contribution is 2.24. The number of nitrogens with one attached hydrogen (secondary N) is 1. The molecule has 2 aliphatic heterocycles. The van der Waals surface area contributed by atoms with Crippen LogP contribution in [0, 0.1) is 0 Å². The molecule has 28 heavy (non-hydrogen) atoms. The van der Waals surface area contributed by atoms with E-state index in [0.29, 0.717) is 19.6 Å². The number of likely N-dealkylation sites (tertiary alicyclic amines) is 1. The van der Waals surface area contributed by atoms with Crippen molar-refractivity contribution in [3.8, 4) is 0 Å². The smallest absolute Gasteiger partial charge is 0.194 e. The van der Waals surface area contributed by atoms with Gasteiger partial charge in [0.2, 0.25) is 0 Å². The van der Waals surface area contributed by atoms with Crippen LogP contribution in [0.4, 0.5) is 0 Å². The Labute approximate surface area is 169 Å². The molecular formula is C21H34N4O2S. The van der Waals surface area contributed by atoms with Gasteiger partial charge < -0.3 is 10.2 Å². The van der Waals surface area contributed by atoms with Crippen molar-refractivity contribution in [1.82, 2.24) is 15.1 Å². The SMILES string of the molecule is CCNC(=NCc1ccc(CN2CCCC2)cc1)N1CCS(=O)(=O)C(C)(C)C1. The molecule has 0 aliphatic carbocycles. The summed E-state index contributed by atoms with van der Waals surface area (Å²) in [5.74, 6) is 0.974. The van der Waals surface area contributed by atoms with E-state index in [1.54, 1.807) is 13.8 Å². The first kappa shape index (κ1) is 21.1. The van der Waals surface area contributed by atoms with Gasteiger partial charge in [-0.2, -0.15) is 0 Å². The normalized spacial score (nSPS) is 22.4. The molecule has 2 fully saturated rings. The van der Waals surface area contributed by atoms with Crippen molar-refractivity contribution >= 4 is 15.8 Å². The van der Waals surface area contributed by atoms with E-state index in [2.05, 4.69) is 39.4 Å². The number of nitrogens with zero attached hydrogens (tertiary/aromatic N) is 3. The molecule has 156 valence electrons. The fourth-order valence-electron chi connectivity index (χ4n) is 3.87. The minimum Gasteiger partial charge on any atom is -0.357 e. The van der Waals surface area contributed by atoms with Crippen LogP contribution >= 0.6 is 0 Å². The van der Waals surface area contributed by atoms with E-state index in [4.69, 9.17) is 4.99 Å². The Kier molecular flexibility index (Phi) is 6.65. The van der Waals surface area contributed by atoms with E-state index in [9.17, 15) is 8.42 Å². The Morgan fingerprint density at radius 2 is 1.75 bits per heavy atom. The zero-order valence-electron chi connectivity index (χ0n) is 17.4. The van der Waals surface area contributed by atoms with Crippen LogP contribution in [0.15, 0.2) is 29.3 Å². The van der Waals surface area contributed by atoms with Gasteiger partial charge in [0.15, 0.2) is 15.8 Å². The van der Waals surface area contributed by atoms with Gasteiger partial charge in [-0.3, -0.25) is 4.90 Å². The molecule has 1 aromatic rings. The van der Waals surface area contributed by atoms with Crippen molar-refractivity contribution in [2.45, 2.75) is 51.4 Å². The van der Waals surface area contributed by atoms with E-state index in [-0.39, 0.29) is 5.75 Å². The lowest BCUT2D eigenvalue weighted by Gasteiger charge is -2.39. The fourth-order valence-corrected chi connectivity index (χ4v) is 5.23. The minimum absolute atomic E-state index is 0.176. The van der Waals surface area contributed by atoms with Gasteiger partial charge in [0.05, 0.1) is 17.0 Å². The largest absolute Gasteiger partial charge is 0.357 e. The predicted octanol–water partition coefficient (Wildman–Crippen LogP) is 2.26. The molecular weight excluding hydrogens is 372 g/mol. The first-order chi connectivity index (χ1) is 13.3. The lowest BCUT2D eigenvalue weighted by molar-refractivity contribution is 0.331. The monoisotopic (exact) mass is 406 g/mol. The average molecular weight is 407 g/mol. The van der Waals surface area contributed by atoms with Crippen molar-refractivity contribution < 1.29 is 8.42 Å². The molecule has 6 nitrogen and oxygen atoms in total. The number of hydrogen-bond acceptors (Lipinski definition) is 4. The van der Waals surface area contributed by atoms with Crippen LogP contribution in [0.1, 0.15) is 44.7 Å². The van der Waals surface area contributed by atoms with Crippen LogP contribution in [0.5, 0.6) is 0 Å². The van der Waals surface area contributed by atoms with E-state index in [1.807, 2.05) is 6.92 Å². The number of rotatable bonds is 5. The van der Waals surface area contributed by atoms with Gasteiger partial charge in [-0.15, -0.1) is 0 Å². The molecule has 0 spiro atoms. The molecule has 2 saturated heterocycles. The summed E-state index contributed by atoms with van der Waals surface area (Å²) in [6, 6.07) is 8.71. The van der Waals surface area contributed by atoms with E-state index in [1.165, 1.54) is 37.1 Å². The van der Waals surface area contributed by atoms with Crippen molar-refractivity contribution in [3.63, 3.8) is 0 Å². The Balaban J connectivity index is 1.64. The number of benzene rings is 1. The van der Waals surface area contributed by atoms with Crippen molar-refractivity contribution in [2.24, 2.45) is 4.99 Å². The highest BCUT2D eigenvalue weighted by molar-refractivity contribution is 7.92. The Morgan fingerprint density at radius 1 is 1.11 bits per heavy atom. The number of hydrogen-bond donors (Lipinski definition) is 1. The molecule has 0 unspecified atom stereocenters. The van der Waals surface area contributed by atoms with Gasteiger partial charge in [0, 0.05) is 26.2 Å². The molecule has 0 saturated carbocycles. The van der Waals surface area contributed by atoms with Crippen LogP contribution in [-0.2, 0) is 22.9 Å². The fraction of sp³-hybridized carbons (Fsp3) is 0.667. The summed E-state index contributed by atoms with van der Waals surface area (Å²) < 4.78 is 23.8. The van der Waals surface area contributed by atoms with Crippen LogP contribution in [0.3, 0.4) is 0 Å². The van der Waals surface area contributed by atoms with Gasteiger partial charge in [-0.05, 0) is 57.8 Å². The molecule has 1 aromatic carbocycles. The van der Waals surface area contributed by atoms with Crippen molar-refractivity contribution in [2.75, 3.05) is 38.5 Å². The summed E-state index contributed by atoms with van der Waals surface area (Å²) in [5, 5.41) is 3.32. The highest BCUT2D eigenvalue weighted by atomic mass is 32.2. The second kappa shape index (κ2) is 8.82. The zero-order valence-corrected chi connectivity index (χ0v) is 18.3. The van der Waals surface area contributed by atoms with Crippen molar-refractivity contribution in [1.29, 1.82) is 0 Å². The summed E-state index contributed by atoms with van der Waals surface area (Å²) in [4.78, 5) is 9.36. The lowest BCUT2D eigenvalue weighted by atomic mass is 10.1. The molecule has 0 radical (unpaired) electrons. The lowest BCUT2D eigenvalue weighted by Crippen LogP contribution is -2.57. The Bertz CT molecular complexity index is 781. The summed E-state index contributed by atoms with van der Waals surface area (Å²) in [6.45, 7) is 11.4. The average Bonchev–Trinajstić information content (AvgIpc) is 3.15. The maximum absolute atomic E-state index is 12.3. The van der Waals surface area contributed by atoms with Gasteiger partial charge in [0.25, 0.3) is 0 Å². The molecule has 3 rings (SSSR count). The maximum atomic E-state index is 12.3. The summed E-state index contributed by atoms with van der Waals surface area (Å²) in [5.41, 5.74) is 2.52. The summed E-state index contributed by atoms with van der Waals surface area (Å²) in [6.07, 6.45) is 2.63. The molecule has 0 aromatic heterocycles. The molecule has 0 amide bonds. The highest BCUT2D eigenvalue weighted by Gasteiger charge is 2.40. The predicted molar refractivity (Wildman–Crippen MR) is 115 cm³/mol. The zero-order chi connectivity index (χ0) is 20.2. The van der Waals surface area contributed by atoms with Gasteiger partial charge in [0.1, 0.15) is 0 Å². The first-order valence-electron chi connectivity index (χ1n) is 10.4. The second-order valence-electron chi connectivity index (χ2n) is 8.47. The number of sulfone groups is 1. The van der Waals surface area contributed by atoms with Crippen LogP contribution in [-0.4, -0.2) is 67.4 Å². The van der Waals surface area contributed by atoms with Gasteiger partial charge in [-0.1, -0.05) is 24.3 Å². The molecule has 7 heteroatoms. The van der Waals surface area contributed by atoms with E-state index >= 15 is 0 Å². The molecule has 0 bridgehead atoms. The Hall–Kier alpha value is -1.60. The molecule has 1 N–H and O–H groups in total. The van der Waals surface area contributed by atoms with Crippen LogP contribution in [0.2, 0.25) is 0 Å². The third-order valence-electron chi connectivity index (χ3n) is 5.72. The number of aliphatic imine (C=N–C) groups is 1. The van der Waals surface area contributed by atoms with Gasteiger partial charge >= 0.3 is 0 Å². The van der Waals surface area contributed by atoms with Crippen LogP contribution in [0.25, 0.3) is 0 Å². The first-order valence-corrected chi connectivity index (χ1v) is 12.0. The summed E-state index contributed by atoms with van der Waals surface area (Å²) >= 11 is 0. The molecule has 0 atom stereocenters. The van der Waals surface area contributed by atoms with Crippen molar-refractivity contribution in [3.05, 3.63) is 35.4 Å². The minimum atomic E-state index is -3.05. The number of guanidine groups is 1. The third-order valence-corrected chi connectivity index (χ3v) is 8.25. The topological polar surface area (TPSA) is 65.0 Å². The van der Waals surface area contributed by atoms with E-state index in [0.717, 1.165) is 19.0 Å². The quantitative estimate of drug-likeness (QED) is 0.600. The van der Waals surface area contributed by atoms with Gasteiger partial charge in [-0.25, -0.2) is 13.4 Å². The maximum Gasteiger partial charge on any atom is 0.194 e. The molecule has 2 aliphatic rings. The standard InChI is InChI=1S/C21H34N4O2S/c1-4-22-20(25-13-14-28(26,27)21(2,3)17-25)23-15-18-7-9-19(10-8-18)16-24-11-5-6-12-24/h7-10H,4-6,11-17H2,1-3H3,(H,22,23). The third kappa shape index (κ3) is 5.06. The van der Waals surface area contributed by atoms with Crippen LogP contribution < -0.4 is 5.32 Å². The Morgan fingerprint density at radius 3 is 2.36 bits per heavy atom. The molecule has 2 heterocycles. The summed E-state index contributed by atoms with van der Waals surface area (Å²) in [7, 11) is -3.05.